The number of nitrogens with zero attached hydrogens (tertiary/aromatic N) is 2. The van der Waals surface area contributed by atoms with Gasteiger partial charge in [0.15, 0.2) is 0 Å². The molecule has 1 aromatic rings. The Kier molecular flexibility index (Phi) is 2.44. The first-order chi connectivity index (χ1) is 5.75. The number of pyridine rings is 1. The Bertz CT molecular complexity index is 396. The van der Waals surface area contributed by atoms with Crippen molar-refractivity contribution in [1.82, 2.24) is 4.57 Å². The lowest BCUT2D eigenvalue weighted by atomic mass is 10.2. The van der Waals surface area contributed by atoms with Gasteiger partial charge in [0.2, 0.25) is 0 Å². The highest BCUT2D eigenvalue weighted by molar-refractivity contribution is 5.50. The van der Waals surface area contributed by atoms with Crippen molar-refractivity contribution < 1.29 is 0 Å². The van der Waals surface area contributed by atoms with Crippen LogP contribution >= 0.6 is 0 Å². The molecule has 0 spiro atoms. The first kappa shape index (κ1) is 8.28. The molecular formula is C9H8N2O. The molecule has 0 unspecified atom stereocenters. The van der Waals surface area contributed by atoms with Crippen LogP contribution in [0.25, 0.3) is 6.08 Å². The average molecular weight is 160 g/mol. The Hall–Kier alpha value is -1.82. The second-order valence-corrected chi connectivity index (χ2v) is 2.34. The third-order valence-corrected chi connectivity index (χ3v) is 1.49. The minimum Gasteiger partial charge on any atom is -0.318 e. The number of aryl methyl sites for hydroxylation is 1. The highest BCUT2D eigenvalue weighted by Crippen LogP contribution is 1.92. The van der Waals surface area contributed by atoms with Gasteiger partial charge in [0.1, 0.15) is 0 Å². The summed E-state index contributed by atoms with van der Waals surface area (Å²) >= 11 is 0. The molecule has 1 heterocycles. The molecule has 0 saturated carbocycles. The third-order valence-electron chi connectivity index (χ3n) is 1.49. The van der Waals surface area contributed by atoms with Gasteiger partial charge in [-0.3, -0.25) is 4.79 Å². The molecule has 0 bridgehead atoms. The maximum atomic E-state index is 11.3. The minimum absolute atomic E-state index is 0.0935. The Balaban J connectivity index is 3.20. The first-order valence-electron chi connectivity index (χ1n) is 3.47. The van der Waals surface area contributed by atoms with Crippen LogP contribution < -0.4 is 5.56 Å². The van der Waals surface area contributed by atoms with Gasteiger partial charge >= 0.3 is 0 Å². The lowest BCUT2D eigenvalue weighted by Crippen LogP contribution is -2.17. The van der Waals surface area contributed by atoms with E-state index in [-0.39, 0.29) is 5.56 Å². The summed E-state index contributed by atoms with van der Waals surface area (Å²) in [4.78, 5) is 11.3. The fourth-order valence-electron chi connectivity index (χ4n) is 0.872. The summed E-state index contributed by atoms with van der Waals surface area (Å²) < 4.78 is 1.47. The van der Waals surface area contributed by atoms with E-state index in [2.05, 4.69) is 0 Å². The normalized spacial score (nSPS) is 10.0. The van der Waals surface area contributed by atoms with Crippen LogP contribution in [0.4, 0.5) is 0 Å². The standard InChI is InChI=1S/C9H8N2O/c1-11-7-3-5-8(9(11)12)4-2-6-10/h2-5,7H,1H3/b4-2+. The van der Waals surface area contributed by atoms with Crippen LogP contribution in [0.2, 0.25) is 0 Å². The number of aromatic nitrogens is 1. The van der Waals surface area contributed by atoms with Crippen LogP contribution in [-0.2, 0) is 7.05 Å². The number of nitriles is 1. The van der Waals surface area contributed by atoms with Gasteiger partial charge in [0.05, 0.1) is 6.07 Å². The zero-order valence-electron chi connectivity index (χ0n) is 6.69. The molecule has 1 rings (SSSR count). The molecule has 0 fully saturated rings. The van der Waals surface area contributed by atoms with Gasteiger partial charge in [-0.2, -0.15) is 5.26 Å². The molecule has 0 amide bonds. The van der Waals surface area contributed by atoms with E-state index in [1.165, 1.54) is 16.7 Å². The number of hydrogen-bond donors (Lipinski definition) is 0. The van der Waals surface area contributed by atoms with Crippen LogP contribution in [0, 0.1) is 11.3 Å². The summed E-state index contributed by atoms with van der Waals surface area (Å²) in [6.45, 7) is 0. The van der Waals surface area contributed by atoms with Gasteiger partial charge in [-0.25, -0.2) is 0 Å². The maximum absolute atomic E-state index is 11.3. The molecule has 0 radical (unpaired) electrons. The Morgan fingerprint density at radius 1 is 1.67 bits per heavy atom. The van der Waals surface area contributed by atoms with Crippen LogP contribution in [-0.4, -0.2) is 4.57 Å². The predicted octanol–water partition coefficient (Wildman–Crippen LogP) is 0.922. The van der Waals surface area contributed by atoms with Crippen molar-refractivity contribution in [2.75, 3.05) is 0 Å². The quantitative estimate of drug-likeness (QED) is 0.573. The van der Waals surface area contributed by atoms with Crippen LogP contribution in [0.15, 0.2) is 29.2 Å². The van der Waals surface area contributed by atoms with E-state index in [1.54, 1.807) is 25.4 Å². The molecule has 3 nitrogen and oxygen atoms in total. The molecule has 0 aliphatic carbocycles. The smallest absolute Gasteiger partial charge is 0.257 e. The Morgan fingerprint density at radius 3 is 3.08 bits per heavy atom. The van der Waals surface area contributed by atoms with Gasteiger partial charge in [-0.15, -0.1) is 0 Å². The molecule has 60 valence electrons. The lowest BCUT2D eigenvalue weighted by molar-refractivity contribution is 0.857. The Labute approximate surface area is 70.2 Å². The molecule has 0 aliphatic heterocycles. The van der Waals surface area contributed by atoms with E-state index in [4.69, 9.17) is 5.26 Å². The van der Waals surface area contributed by atoms with Gasteiger partial charge in [-0.05, 0) is 18.2 Å². The van der Waals surface area contributed by atoms with Gasteiger partial charge < -0.3 is 4.57 Å². The van der Waals surface area contributed by atoms with Crippen molar-refractivity contribution in [3.8, 4) is 6.07 Å². The van der Waals surface area contributed by atoms with Crippen LogP contribution in [0.1, 0.15) is 5.56 Å². The molecule has 3 heteroatoms. The van der Waals surface area contributed by atoms with Crippen LogP contribution in [0.5, 0.6) is 0 Å². The maximum Gasteiger partial charge on any atom is 0.257 e. The Morgan fingerprint density at radius 2 is 2.42 bits per heavy atom. The van der Waals surface area contributed by atoms with E-state index < -0.39 is 0 Å². The SMILES string of the molecule is Cn1cccc(/C=C/C#N)c1=O. The lowest BCUT2D eigenvalue weighted by Gasteiger charge is -1.96. The summed E-state index contributed by atoms with van der Waals surface area (Å²) in [5.74, 6) is 0. The third kappa shape index (κ3) is 1.61. The van der Waals surface area contributed by atoms with Crippen molar-refractivity contribution in [2.24, 2.45) is 7.05 Å². The fraction of sp³-hybridized carbons (Fsp3) is 0.111. The van der Waals surface area contributed by atoms with Gasteiger partial charge in [0.25, 0.3) is 5.56 Å². The number of allylic oxidation sites excluding steroid dienone is 1. The summed E-state index contributed by atoms with van der Waals surface area (Å²) in [5.41, 5.74) is 0.436. The van der Waals surface area contributed by atoms with E-state index in [1.807, 2.05) is 6.07 Å². The molecule has 0 aromatic carbocycles. The predicted molar refractivity (Wildman–Crippen MR) is 46.3 cm³/mol. The van der Waals surface area contributed by atoms with Crippen LogP contribution in [0.3, 0.4) is 0 Å². The van der Waals surface area contributed by atoms with Crippen molar-refractivity contribution in [3.63, 3.8) is 0 Å². The monoisotopic (exact) mass is 160 g/mol. The van der Waals surface area contributed by atoms with E-state index >= 15 is 0 Å². The second kappa shape index (κ2) is 3.54. The van der Waals surface area contributed by atoms with Crippen molar-refractivity contribution in [1.29, 1.82) is 5.26 Å². The molecule has 0 atom stereocenters. The van der Waals surface area contributed by atoms with E-state index in [9.17, 15) is 4.79 Å². The summed E-state index contributed by atoms with van der Waals surface area (Å²) in [6.07, 6.45) is 4.46. The molecule has 12 heavy (non-hydrogen) atoms. The highest BCUT2D eigenvalue weighted by atomic mass is 16.1. The van der Waals surface area contributed by atoms with Crippen molar-refractivity contribution >= 4 is 6.08 Å². The van der Waals surface area contributed by atoms with E-state index in [0.29, 0.717) is 5.56 Å². The van der Waals surface area contributed by atoms with Gasteiger partial charge in [0, 0.05) is 24.9 Å². The topological polar surface area (TPSA) is 45.8 Å². The van der Waals surface area contributed by atoms with Gasteiger partial charge in [-0.1, -0.05) is 0 Å². The molecule has 0 aliphatic rings. The molecule has 0 N–H and O–H groups in total. The summed E-state index contributed by atoms with van der Waals surface area (Å²) in [6, 6.07) is 5.27. The van der Waals surface area contributed by atoms with Crippen molar-refractivity contribution in [3.05, 3.63) is 40.3 Å². The second-order valence-electron chi connectivity index (χ2n) is 2.34. The fourth-order valence-corrected chi connectivity index (χ4v) is 0.872. The summed E-state index contributed by atoms with van der Waals surface area (Å²) in [5, 5.41) is 8.24. The average Bonchev–Trinajstić information content (AvgIpc) is 2.08. The zero-order chi connectivity index (χ0) is 8.97. The number of rotatable bonds is 1. The minimum atomic E-state index is -0.0935. The number of hydrogen-bond acceptors (Lipinski definition) is 2. The highest BCUT2D eigenvalue weighted by Gasteiger charge is 1.93. The summed E-state index contributed by atoms with van der Waals surface area (Å²) in [7, 11) is 1.67. The van der Waals surface area contributed by atoms with Crippen molar-refractivity contribution in [2.45, 2.75) is 0 Å². The zero-order valence-corrected chi connectivity index (χ0v) is 6.69. The molecule has 1 aromatic heterocycles. The molecular weight excluding hydrogens is 152 g/mol. The first-order valence-corrected chi connectivity index (χ1v) is 3.47. The van der Waals surface area contributed by atoms with E-state index in [0.717, 1.165) is 0 Å². The largest absolute Gasteiger partial charge is 0.318 e. The molecule has 0 saturated heterocycles.